The number of nitrogens with zero attached hydrogens (tertiary/aromatic N) is 1. The molecular weight excluding hydrogens is 302 g/mol. The first-order chi connectivity index (χ1) is 11.7. The molecule has 0 amide bonds. The highest BCUT2D eigenvalue weighted by Gasteiger charge is 2.14. The van der Waals surface area contributed by atoms with E-state index >= 15 is 0 Å². The van der Waals surface area contributed by atoms with Crippen LogP contribution in [0.25, 0.3) is 6.08 Å². The fraction of sp³-hybridized carbons (Fsp3) is 0.200. The summed E-state index contributed by atoms with van der Waals surface area (Å²) in [6.45, 7) is 4.42. The van der Waals surface area contributed by atoms with E-state index in [1.807, 2.05) is 50.2 Å². The lowest BCUT2D eigenvalue weighted by atomic mass is 10.1. The van der Waals surface area contributed by atoms with Crippen LogP contribution in [0.2, 0.25) is 0 Å². The number of rotatable bonds is 6. The summed E-state index contributed by atoms with van der Waals surface area (Å²) in [6.07, 6.45) is 2.37. The van der Waals surface area contributed by atoms with Gasteiger partial charge in [0, 0.05) is 5.56 Å². The standard InChI is InChI=1S/C20H19NO3/c1-3-12-23-19-11-7-5-9-16(19)13-17(14-21)20(22)24-18-10-6-4-8-15(18)2/h4-11,13H,3,12H2,1-2H3/b17-13+. The second-order valence-corrected chi connectivity index (χ2v) is 5.21. The molecule has 0 bridgehead atoms. The van der Waals surface area contributed by atoms with Gasteiger partial charge in [-0.25, -0.2) is 4.79 Å². The van der Waals surface area contributed by atoms with E-state index in [0.29, 0.717) is 23.7 Å². The highest BCUT2D eigenvalue weighted by atomic mass is 16.5. The van der Waals surface area contributed by atoms with Gasteiger partial charge < -0.3 is 9.47 Å². The largest absolute Gasteiger partial charge is 0.493 e. The van der Waals surface area contributed by atoms with Crippen LogP contribution in [0.1, 0.15) is 24.5 Å². The van der Waals surface area contributed by atoms with Crippen molar-refractivity contribution >= 4 is 12.0 Å². The number of carbonyl (C=O) groups excluding carboxylic acids is 1. The highest BCUT2D eigenvalue weighted by molar-refractivity contribution is 5.99. The smallest absolute Gasteiger partial charge is 0.354 e. The Labute approximate surface area is 141 Å². The molecule has 0 radical (unpaired) electrons. The summed E-state index contributed by atoms with van der Waals surface area (Å²) in [6, 6.07) is 16.3. The quantitative estimate of drug-likeness (QED) is 0.344. The Morgan fingerprint density at radius 2 is 1.79 bits per heavy atom. The van der Waals surface area contributed by atoms with Crippen LogP contribution >= 0.6 is 0 Å². The van der Waals surface area contributed by atoms with E-state index < -0.39 is 5.97 Å². The molecule has 0 aromatic heterocycles. The van der Waals surface area contributed by atoms with Crippen molar-refractivity contribution in [3.8, 4) is 17.6 Å². The van der Waals surface area contributed by atoms with Crippen LogP contribution in [-0.4, -0.2) is 12.6 Å². The number of hydrogen-bond acceptors (Lipinski definition) is 4. The third-order valence-corrected chi connectivity index (χ3v) is 3.32. The number of carbonyl (C=O) groups is 1. The van der Waals surface area contributed by atoms with Gasteiger partial charge in [0.15, 0.2) is 0 Å². The molecule has 0 saturated heterocycles. The number of para-hydroxylation sites is 2. The zero-order valence-corrected chi connectivity index (χ0v) is 13.8. The van der Waals surface area contributed by atoms with E-state index in [4.69, 9.17) is 9.47 Å². The van der Waals surface area contributed by atoms with Crippen LogP contribution in [-0.2, 0) is 4.79 Å². The lowest BCUT2D eigenvalue weighted by molar-refractivity contribution is -0.129. The monoisotopic (exact) mass is 321 g/mol. The fourth-order valence-corrected chi connectivity index (χ4v) is 2.06. The Bertz CT molecular complexity index is 787. The Morgan fingerprint density at radius 1 is 1.12 bits per heavy atom. The molecule has 122 valence electrons. The molecule has 0 spiro atoms. The van der Waals surface area contributed by atoms with E-state index in [1.54, 1.807) is 18.2 Å². The first kappa shape index (κ1) is 17.3. The first-order valence-electron chi connectivity index (χ1n) is 7.77. The van der Waals surface area contributed by atoms with Gasteiger partial charge in [0.05, 0.1) is 6.61 Å². The molecule has 2 rings (SSSR count). The van der Waals surface area contributed by atoms with Crippen LogP contribution in [0.4, 0.5) is 0 Å². The number of nitriles is 1. The lowest BCUT2D eigenvalue weighted by Crippen LogP contribution is -2.11. The van der Waals surface area contributed by atoms with Gasteiger partial charge in [-0.1, -0.05) is 43.3 Å². The summed E-state index contributed by atoms with van der Waals surface area (Å²) in [5, 5.41) is 9.31. The van der Waals surface area contributed by atoms with E-state index in [9.17, 15) is 10.1 Å². The molecule has 0 aliphatic rings. The number of ether oxygens (including phenoxy) is 2. The second kappa shape index (κ2) is 8.54. The Morgan fingerprint density at radius 3 is 2.46 bits per heavy atom. The Kier molecular flexibility index (Phi) is 6.16. The lowest BCUT2D eigenvalue weighted by Gasteiger charge is -2.09. The van der Waals surface area contributed by atoms with Crippen LogP contribution in [0.15, 0.2) is 54.1 Å². The minimum absolute atomic E-state index is 0.0780. The van der Waals surface area contributed by atoms with E-state index in [-0.39, 0.29) is 5.57 Å². The maximum atomic E-state index is 12.3. The Balaban J connectivity index is 2.25. The normalized spacial score (nSPS) is 10.8. The van der Waals surface area contributed by atoms with Crippen molar-refractivity contribution < 1.29 is 14.3 Å². The van der Waals surface area contributed by atoms with Crippen LogP contribution in [0.3, 0.4) is 0 Å². The molecule has 0 N–H and O–H groups in total. The molecule has 4 heteroatoms. The third-order valence-electron chi connectivity index (χ3n) is 3.32. The first-order valence-corrected chi connectivity index (χ1v) is 7.77. The van der Waals surface area contributed by atoms with E-state index in [2.05, 4.69) is 0 Å². The summed E-state index contributed by atoms with van der Waals surface area (Å²) >= 11 is 0. The summed E-state index contributed by atoms with van der Waals surface area (Å²) in [5.74, 6) is 0.395. The zero-order chi connectivity index (χ0) is 17.4. The van der Waals surface area contributed by atoms with Gasteiger partial charge in [-0.05, 0) is 37.1 Å². The van der Waals surface area contributed by atoms with Crippen LogP contribution in [0, 0.1) is 18.3 Å². The molecule has 0 aliphatic carbocycles. The minimum Gasteiger partial charge on any atom is -0.493 e. The number of aryl methyl sites for hydroxylation is 1. The second-order valence-electron chi connectivity index (χ2n) is 5.21. The molecule has 0 aliphatic heterocycles. The van der Waals surface area contributed by atoms with E-state index in [1.165, 1.54) is 6.08 Å². The van der Waals surface area contributed by atoms with Crippen molar-refractivity contribution in [1.82, 2.24) is 0 Å². The average molecular weight is 321 g/mol. The molecular formula is C20H19NO3. The summed E-state index contributed by atoms with van der Waals surface area (Å²) < 4.78 is 11.0. The van der Waals surface area contributed by atoms with Gasteiger partial charge in [0.25, 0.3) is 0 Å². The number of esters is 1. The van der Waals surface area contributed by atoms with Crippen molar-refractivity contribution in [1.29, 1.82) is 5.26 Å². The fourth-order valence-electron chi connectivity index (χ4n) is 2.06. The molecule has 0 fully saturated rings. The van der Waals surface area contributed by atoms with Crippen molar-refractivity contribution in [3.63, 3.8) is 0 Å². The SMILES string of the molecule is CCCOc1ccccc1/C=C(\C#N)C(=O)Oc1ccccc1C. The predicted octanol–water partition coefficient (Wildman–Crippen LogP) is 4.30. The van der Waals surface area contributed by atoms with Crippen molar-refractivity contribution in [2.75, 3.05) is 6.61 Å². The molecule has 24 heavy (non-hydrogen) atoms. The summed E-state index contributed by atoms with van der Waals surface area (Å²) in [7, 11) is 0. The molecule has 0 unspecified atom stereocenters. The van der Waals surface area contributed by atoms with Gasteiger partial charge in [-0.3, -0.25) is 0 Å². The zero-order valence-electron chi connectivity index (χ0n) is 13.8. The molecule has 0 atom stereocenters. The van der Waals surface area contributed by atoms with Crippen LogP contribution in [0.5, 0.6) is 11.5 Å². The third kappa shape index (κ3) is 4.47. The van der Waals surface area contributed by atoms with Crippen molar-refractivity contribution in [2.24, 2.45) is 0 Å². The maximum absolute atomic E-state index is 12.3. The maximum Gasteiger partial charge on any atom is 0.354 e. The highest BCUT2D eigenvalue weighted by Crippen LogP contribution is 2.23. The predicted molar refractivity (Wildman–Crippen MR) is 92.6 cm³/mol. The topological polar surface area (TPSA) is 59.3 Å². The molecule has 0 heterocycles. The number of hydrogen-bond donors (Lipinski definition) is 0. The molecule has 4 nitrogen and oxygen atoms in total. The van der Waals surface area contributed by atoms with Crippen molar-refractivity contribution in [2.45, 2.75) is 20.3 Å². The van der Waals surface area contributed by atoms with Crippen molar-refractivity contribution in [3.05, 3.63) is 65.2 Å². The van der Waals surface area contributed by atoms with E-state index in [0.717, 1.165) is 12.0 Å². The molecule has 0 saturated carbocycles. The summed E-state index contributed by atoms with van der Waals surface area (Å²) in [4.78, 5) is 12.3. The van der Waals surface area contributed by atoms with Gasteiger partial charge >= 0.3 is 5.97 Å². The van der Waals surface area contributed by atoms with Crippen LogP contribution < -0.4 is 9.47 Å². The average Bonchev–Trinajstić information content (AvgIpc) is 2.60. The van der Waals surface area contributed by atoms with Gasteiger partial charge in [-0.2, -0.15) is 5.26 Å². The number of benzene rings is 2. The Hall–Kier alpha value is -3.06. The summed E-state index contributed by atoms with van der Waals surface area (Å²) in [5.41, 5.74) is 1.42. The van der Waals surface area contributed by atoms with Gasteiger partial charge in [0.2, 0.25) is 0 Å². The van der Waals surface area contributed by atoms with Gasteiger partial charge in [0.1, 0.15) is 23.1 Å². The molecule has 2 aromatic rings. The van der Waals surface area contributed by atoms with Gasteiger partial charge in [-0.15, -0.1) is 0 Å². The molecule has 2 aromatic carbocycles. The minimum atomic E-state index is -0.683.